The molecule has 254 valence electrons. The summed E-state index contributed by atoms with van der Waals surface area (Å²) in [6, 6.07) is 6.74. The molecule has 0 radical (unpaired) electrons. The summed E-state index contributed by atoms with van der Waals surface area (Å²) in [6.07, 6.45) is 8.75. The van der Waals surface area contributed by atoms with Crippen LogP contribution in [0.3, 0.4) is 0 Å². The van der Waals surface area contributed by atoms with Crippen LogP contribution in [-0.2, 0) is 38.2 Å². The van der Waals surface area contributed by atoms with E-state index in [0.717, 1.165) is 55.0 Å². The molecule has 4 heterocycles. The number of anilines is 1. The number of rotatable bonds is 7. The minimum Gasteiger partial charge on any atom is -0.472 e. The van der Waals surface area contributed by atoms with Gasteiger partial charge in [-0.05, 0) is 73.9 Å². The number of thiazole rings is 1. The van der Waals surface area contributed by atoms with Crippen molar-refractivity contribution >= 4 is 55.9 Å². The average Bonchev–Trinajstić information content (AvgIpc) is 3.96. The lowest BCUT2D eigenvalue weighted by atomic mass is 10.0. The van der Waals surface area contributed by atoms with Gasteiger partial charge >= 0.3 is 0 Å². The number of carbonyl (C=O) groups excluding carboxylic acids is 3. The Balaban J connectivity index is 1.21. The smallest absolute Gasteiger partial charge is 0.258 e. The van der Waals surface area contributed by atoms with Gasteiger partial charge in [-0.25, -0.2) is 14.2 Å². The standard InChI is InChI=1S/C35H42N6O5S2/c1-4-23-17-35(23,33(44)40-48(45)26-11-12-26)39-30(42)28-16-25-18-41(28)32(43)29(20(2)3)38-34-37-24(19-47-34)8-6-5-7-21-9-10-22-13-14-36-31(46-25)27(22)15-21/h4,9-10,13-15,19-20,23,25-26,28-29H,1,5-8,11-12,16-18H2,2-3H3,(H,37,38)(H,39,42)(H,40,44)/t23-,25-,28+,29+,35-,48?/m1/s1. The Morgan fingerprint density at radius 3 is 2.79 bits per heavy atom. The van der Waals surface area contributed by atoms with Gasteiger partial charge in [-0.15, -0.1) is 17.9 Å². The molecule has 3 aromatic rings. The maximum Gasteiger partial charge on any atom is 0.258 e. The summed E-state index contributed by atoms with van der Waals surface area (Å²) in [6.45, 7) is 7.95. The number of benzene rings is 1. The van der Waals surface area contributed by atoms with E-state index in [4.69, 9.17) is 9.72 Å². The van der Waals surface area contributed by atoms with Crippen LogP contribution < -0.4 is 20.1 Å². The number of fused-ring (bicyclic) bond motifs is 5. The van der Waals surface area contributed by atoms with Gasteiger partial charge < -0.3 is 20.3 Å². The molecule has 0 spiro atoms. The fraction of sp³-hybridized carbons (Fsp3) is 0.514. The second-order valence-electron chi connectivity index (χ2n) is 13.8. The van der Waals surface area contributed by atoms with E-state index in [0.29, 0.717) is 17.4 Å². The molecular weight excluding hydrogens is 649 g/mol. The molecule has 2 saturated carbocycles. The second-order valence-corrected chi connectivity index (χ2v) is 16.1. The molecule has 6 atom stereocenters. The number of aromatic nitrogens is 2. The number of pyridine rings is 1. The van der Waals surface area contributed by atoms with Crippen molar-refractivity contribution in [3.8, 4) is 5.88 Å². The Kier molecular flexibility index (Phi) is 9.01. The third-order valence-electron chi connectivity index (χ3n) is 9.90. The highest BCUT2D eigenvalue weighted by molar-refractivity contribution is 7.84. The highest BCUT2D eigenvalue weighted by Crippen LogP contribution is 2.45. The Hall–Kier alpha value is -3.84. The quantitative estimate of drug-likeness (QED) is 0.315. The largest absolute Gasteiger partial charge is 0.472 e. The number of nitrogens with one attached hydrogen (secondary N) is 3. The Labute approximate surface area is 286 Å². The summed E-state index contributed by atoms with van der Waals surface area (Å²) in [5.41, 5.74) is 0.918. The van der Waals surface area contributed by atoms with Gasteiger partial charge in [0.05, 0.1) is 17.5 Å². The van der Waals surface area contributed by atoms with Gasteiger partial charge in [0.2, 0.25) is 17.7 Å². The molecule has 13 heteroatoms. The minimum atomic E-state index is -1.50. The first-order valence-electron chi connectivity index (χ1n) is 16.9. The molecule has 1 unspecified atom stereocenters. The molecule has 2 aliphatic carbocycles. The molecule has 11 nitrogen and oxygen atoms in total. The highest BCUT2D eigenvalue weighted by atomic mass is 32.2. The number of aryl methyl sites for hydroxylation is 2. The van der Waals surface area contributed by atoms with Gasteiger partial charge in [-0.3, -0.25) is 19.1 Å². The summed E-state index contributed by atoms with van der Waals surface area (Å²) in [7, 11) is -1.50. The zero-order valence-electron chi connectivity index (χ0n) is 27.3. The first-order valence-corrected chi connectivity index (χ1v) is 19.0. The van der Waals surface area contributed by atoms with Crippen molar-refractivity contribution in [1.82, 2.24) is 24.9 Å². The summed E-state index contributed by atoms with van der Waals surface area (Å²) in [5.74, 6) is -1.13. The maximum atomic E-state index is 14.4. The van der Waals surface area contributed by atoms with Gasteiger partial charge in [0.25, 0.3) is 5.91 Å². The zero-order chi connectivity index (χ0) is 33.6. The van der Waals surface area contributed by atoms with E-state index in [1.165, 1.54) is 16.9 Å². The molecule has 2 aromatic heterocycles. The zero-order valence-corrected chi connectivity index (χ0v) is 28.9. The van der Waals surface area contributed by atoms with Crippen LogP contribution in [0.25, 0.3) is 10.8 Å². The van der Waals surface area contributed by atoms with Crippen LogP contribution in [0.1, 0.15) is 63.6 Å². The van der Waals surface area contributed by atoms with Crippen LogP contribution in [0.5, 0.6) is 5.88 Å². The van der Waals surface area contributed by atoms with Crippen molar-refractivity contribution in [3.63, 3.8) is 0 Å². The summed E-state index contributed by atoms with van der Waals surface area (Å²) >= 11 is 1.48. The average molecular weight is 691 g/mol. The normalized spacial score (nSPS) is 27.8. The van der Waals surface area contributed by atoms with E-state index in [9.17, 15) is 18.6 Å². The van der Waals surface area contributed by atoms with E-state index < -0.39 is 46.5 Å². The molecule has 2 aliphatic heterocycles. The Morgan fingerprint density at radius 2 is 2.04 bits per heavy atom. The van der Waals surface area contributed by atoms with Crippen molar-refractivity contribution in [3.05, 3.63) is 59.8 Å². The third-order valence-corrected chi connectivity index (χ3v) is 12.2. The summed E-state index contributed by atoms with van der Waals surface area (Å²) < 4.78 is 21.7. The maximum absolute atomic E-state index is 14.4. The second kappa shape index (κ2) is 13.2. The fourth-order valence-electron chi connectivity index (χ4n) is 6.80. The Bertz CT molecular complexity index is 1770. The topological polar surface area (TPSA) is 143 Å². The van der Waals surface area contributed by atoms with Crippen LogP contribution in [-0.4, -0.2) is 72.3 Å². The van der Waals surface area contributed by atoms with Crippen molar-refractivity contribution in [2.24, 2.45) is 11.8 Å². The van der Waals surface area contributed by atoms with Crippen molar-refractivity contribution in [1.29, 1.82) is 0 Å². The van der Waals surface area contributed by atoms with E-state index in [1.807, 2.05) is 25.3 Å². The highest BCUT2D eigenvalue weighted by Gasteiger charge is 2.61. The monoisotopic (exact) mass is 690 g/mol. The van der Waals surface area contributed by atoms with E-state index >= 15 is 0 Å². The molecule has 1 aromatic carbocycles. The van der Waals surface area contributed by atoms with Crippen LogP contribution >= 0.6 is 11.3 Å². The van der Waals surface area contributed by atoms with Crippen LogP contribution in [0.15, 0.2) is 48.5 Å². The molecule has 7 rings (SSSR count). The van der Waals surface area contributed by atoms with Crippen molar-refractivity contribution < 1.29 is 23.3 Å². The Morgan fingerprint density at radius 1 is 1.23 bits per heavy atom. The van der Waals surface area contributed by atoms with E-state index in [2.05, 4.69) is 45.1 Å². The molecule has 3 N–H and O–H groups in total. The van der Waals surface area contributed by atoms with Crippen LogP contribution in [0.4, 0.5) is 5.13 Å². The lowest BCUT2D eigenvalue weighted by Crippen LogP contribution is -2.57. The lowest BCUT2D eigenvalue weighted by molar-refractivity contribution is -0.140. The first-order chi connectivity index (χ1) is 23.1. The van der Waals surface area contributed by atoms with E-state index in [-0.39, 0.29) is 36.0 Å². The first kappa shape index (κ1) is 32.7. The SMILES string of the molecule is C=C[C@@H]1C[C@]1(NC(=O)[C@@H]1C[C@@H]2CN1C(=O)[C@H](C(C)C)Nc1nc(cs1)CCCCc1ccc3ccnc(c3c1)O2)C(=O)NS(=O)C1CC1. The van der Waals surface area contributed by atoms with Gasteiger partial charge in [-0.2, -0.15) is 0 Å². The van der Waals surface area contributed by atoms with Crippen LogP contribution in [0.2, 0.25) is 0 Å². The van der Waals surface area contributed by atoms with Gasteiger partial charge in [0.15, 0.2) is 5.13 Å². The van der Waals surface area contributed by atoms with Gasteiger partial charge in [0.1, 0.15) is 34.7 Å². The molecular formula is C35H42N6O5S2. The lowest BCUT2D eigenvalue weighted by Gasteiger charge is -2.31. The number of carbonyl (C=O) groups is 3. The van der Waals surface area contributed by atoms with Crippen molar-refractivity contribution in [2.75, 3.05) is 11.9 Å². The van der Waals surface area contributed by atoms with Crippen LogP contribution in [0, 0.1) is 11.8 Å². The van der Waals surface area contributed by atoms with Gasteiger partial charge in [0, 0.05) is 29.3 Å². The molecule has 3 fully saturated rings. The molecule has 48 heavy (non-hydrogen) atoms. The number of amides is 3. The number of hydrogen-bond donors (Lipinski definition) is 3. The van der Waals surface area contributed by atoms with E-state index in [1.54, 1.807) is 17.2 Å². The van der Waals surface area contributed by atoms with Crippen molar-refractivity contribution in [2.45, 2.75) is 94.2 Å². The molecule has 6 bridgehead atoms. The predicted molar refractivity (Wildman–Crippen MR) is 186 cm³/mol. The fourth-order valence-corrected chi connectivity index (χ4v) is 8.68. The molecule has 4 aliphatic rings. The number of hydrogen-bond acceptors (Lipinski definition) is 9. The molecule has 1 saturated heterocycles. The van der Waals surface area contributed by atoms with Gasteiger partial charge in [-0.1, -0.05) is 32.1 Å². The number of nitrogens with zero attached hydrogens (tertiary/aromatic N) is 3. The molecule has 3 amide bonds. The predicted octanol–water partition coefficient (Wildman–Crippen LogP) is 4.06. The minimum absolute atomic E-state index is 0.0463. The summed E-state index contributed by atoms with van der Waals surface area (Å²) in [5, 5.41) is 10.9. The number of ether oxygens (including phenoxy) is 1. The summed E-state index contributed by atoms with van der Waals surface area (Å²) in [4.78, 5) is 53.0. The third kappa shape index (κ3) is 6.58.